The van der Waals surface area contributed by atoms with Crippen molar-refractivity contribution in [2.24, 2.45) is 11.7 Å². The molecule has 13 heavy (non-hydrogen) atoms. The fourth-order valence-electron chi connectivity index (χ4n) is 1.71. The first kappa shape index (κ1) is 8.75. The van der Waals surface area contributed by atoms with Gasteiger partial charge in [0, 0.05) is 6.42 Å². The molecule has 3 heteroatoms. The Morgan fingerprint density at radius 1 is 1.69 bits per heavy atom. The Kier molecular flexibility index (Phi) is 1.91. The molecule has 0 spiro atoms. The molecule has 0 aromatic rings. The molecule has 0 saturated heterocycles. The molecule has 2 rings (SSSR count). The normalized spacial score (nSPS) is 26.2. The number of hydrogen-bond acceptors (Lipinski definition) is 3. The molecule has 2 N–H and O–H groups in total. The summed E-state index contributed by atoms with van der Waals surface area (Å²) in [6, 6.07) is 0. The number of ketones is 1. The van der Waals surface area contributed by atoms with Crippen molar-refractivity contribution in [3.05, 3.63) is 11.8 Å². The second-order valence-electron chi connectivity index (χ2n) is 4.09. The molecule has 3 nitrogen and oxygen atoms in total. The zero-order valence-corrected chi connectivity index (χ0v) is 7.88. The van der Waals surface area contributed by atoms with Gasteiger partial charge in [0.25, 0.3) is 0 Å². The van der Waals surface area contributed by atoms with Gasteiger partial charge < -0.3 is 10.5 Å². The summed E-state index contributed by atoms with van der Waals surface area (Å²) in [5.74, 6) is 0.828. The molecule has 1 atom stereocenters. The van der Waals surface area contributed by atoms with Crippen LogP contribution in [0.4, 0.5) is 0 Å². The Morgan fingerprint density at radius 2 is 2.38 bits per heavy atom. The zero-order chi connectivity index (χ0) is 9.47. The number of nitrogens with two attached hydrogens (primary N) is 1. The third kappa shape index (κ3) is 1.48. The number of carbonyl (C=O) groups is 1. The molecular weight excluding hydrogens is 166 g/mol. The van der Waals surface area contributed by atoms with E-state index in [4.69, 9.17) is 10.5 Å². The largest absolute Gasteiger partial charge is 0.490 e. The monoisotopic (exact) mass is 181 g/mol. The van der Waals surface area contributed by atoms with Crippen molar-refractivity contribution in [2.45, 2.75) is 31.7 Å². The molecule has 1 heterocycles. The molecular formula is C10H15NO2. The first-order valence-corrected chi connectivity index (χ1v) is 4.79. The minimum Gasteiger partial charge on any atom is -0.490 e. The molecule has 1 aliphatic heterocycles. The van der Waals surface area contributed by atoms with Crippen LogP contribution in [0.25, 0.3) is 0 Å². The lowest BCUT2D eigenvalue weighted by atomic mass is 9.90. The van der Waals surface area contributed by atoms with Crippen molar-refractivity contribution in [1.82, 2.24) is 0 Å². The number of Topliss-reactive ketones (excluding diaryl/α,β-unsaturated/α-hetero) is 1. The summed E-state index contributed by atoms with van der Waals surface area (Å²) in [5.41, 5.74) is 5.28. The smallest absolute Gasteiger partial charge is 0.216 e. The summed E-state index contributed by atoms with van der Waals surface area (Å²) in [6.45, 7) is 2.44. The van der Waals surface area contributed by atoms with Gasteiger partial charge in [0.15, 0.2) is 5.76 Å². The van der Waals surface area contributed by atoms with Crippen LogP contribution in [-0.4, -0.2) is 17.9 Å². The maximum atomic E-state index is 11.8. The van der Waals surface area contributed by atoms with Crippen molar-refractivity contribution in [1.29, 1.82) is 0 Å². The van der Waals surface area contributed by atoms with Gasteiger partial charge >= 0.3 is 0 Å². The molecule has 72 valence electrons. The number of hydrogen-bond donors (Lipinski definition) is 1. The first-order chi connectivity index (χ1) is 6.12. The molecule has 1 unspecified atom stereocenters. The van der Waals surface area contributed by atoms with Gasteiger partial charge in [-0.25, -0.2) is 0 Å². The van der Waals surface area contributed by atoms with Crippen molar-refractivity contribution < 1.29 is 9.53 Å². The predicted octanol–water partition coefficient (Wildman–Crippen LogP) is 0.987. The molecule has 1 fully saturated rings. The summed E-state index contributed by atoms with van der Waals surface area (Å²) in [7, 11) is 0. The molecule has 1 saturated carbocycles. The Morgan fingerprint density at radius 3 is 2.85 bits per heavy atom. The Bertz CT molecular complexity index is 264. The van der Waals surface area contributed by atoms with Crippen molar-refractivity contribution in [3.63, 3.8) is 0 Å². The SMILES string of the molecule is CC(N)(C(=O)C1=CCCO1)C1CC1. The third-order valence-electron chi connectivity index (χ3n) is 2.84. The fourth-order valence-corrected chi connectivity index (χ4v) is 1.71. The van der Waals surface area contributed by atoms with Gasteiger partial charge in [0.2, 0.25) is 5.78 Å². The topological polar surface area (TPSA) is 52.3 Å². The van der Waals surface area contributed by atoms with Gasteiger partial charge in [-0.15, -0.1) is 0 Å². The Hall–Kier alpha value is -0.830. The van der Waals surface area contributed by atoms with Gasteiger partial charge in [-0.1, -0.05) is 0 Å². The van der Waals surface area contributed by atoms with E-state index < -0.39 is 5.54 Å². The lowest BCUT2D eigenvalue weighted by molar-refractivity contribution is -0.123. The Labute approximate surface area is 77.9 Å². The molecule has 0 radical (unpaired) electrons. The van der Waals surface area contributed by atoms with E-state index in [0.717, 1.165) is 19.3 Å². The highest BCUT2D eigenvalue weighted by molar-refractivity contribution is 6.01. The van der Waals surface area contributed by atoms with Crippen LogP contribution in [0.3, 0.4) is 0 Å². The van der Waals surface area contributed by atoms with Crippen molar-refractivity contribution >= 4 is 5.78 Å². The van der Waals surface area contributed by atoms with Crippen LogP contribution in [0.2, 0.25) is 0 Å². The van der Waals surface area contributed by atoms with Crippen LogP contribution >= 0.6 is 0 Å². The van der Waals surface area contributed by atoms with Crippen LogP contribution < -0.4 is 5.73 Å². The lowest BCUT2D eigenvalue weighted by Crippen LogP contribution is -2.47. The van der Waals surface area contributed by atoms with Crippen LogP contribution in [-0.2, 0) is 9.53 Å². The van der Waals surface area contributed by atoms with Crippen molar-refractivity contribution in [2.75, 3.05) is 6.61 Å². The maximum Gasteiger partial charge on any atom is 0.216 e. The van der Waals surface area contributed by atoms with E-state index in [-0.39, 0.29) is 5.78 Å². The summed E-state index contributed by atoms with van der Waals surface area (Å²) < 4.78 is 5.21. The summed E-state index contributed by atoms with van der Waals surface area (Å²) in [5, 5.41) is 0. The molecule has 1 aliphatic carbocycles. The molecule has 0 bridgehead atoms. The average Bonchev–Trinajstić information content (AvgIpc) is 2.82. The van der Waals surface area contributed by atoms with Gasteiger partial charge in [-0.2, -0.15) is 0 Å². The predicted molar refractivity (Wildman–Crippen MR) is 49.0 cm³/mol. The number of carbonyl (C=O) groups excluding carboxylic acids is 1. The third-order valence-corrected chi connectivity index (χ3v) is 2.84. The van der Waals surface area contributed by atoms with Crippen LogP contribution in [0, 0.1) is 5.92 Å². The highest BCUT2D eigenvalue weighted by Gasteiger charge is 2.45. The van der Waals surface area contributed by atoms with Gasteiger partial charge in [-0.05, 0) is 31.8 Å². The quantitative estimate of drug-likeness (QED) is 0.706. The second-order valence-corrected chi connectivity index (χ2v) is 4.09. The Balaban J connectivity index is 2.10. The van der Waals surface area contributed by atoms with Gasteiger partial charge in [-0.3, -0.25) is 4.79 Å². The van der Waals surface area contributed by atoms with Crippen LogP contribution in [0.5, 0.6) is 0 Å². The van der Waals surface area contributed by atoms with Gasteiger partial charge in [0.1, 0.15) is 0 Å². The fraction of sp³-hybridized carbons (Fsp3) is 0.700. The summed E-state index contributed by atoms with van der Waals surface area (Å²) >= 11 is 0. The van der Waals surface area contributed by atoms with E-state index in [1.807, 2.05) is 13.0 Å². The van der Waals surface area contributed by atoms with Gasteiger partial charge in [0.05, 0.1) is 12.1 Å². The zero-order valence-electron chi connectivity index (χ0n) is 7.88. The van der Waals surface area contributed by atoms with E-state index in [1.54, 1.807) is 0 Å². The number of rotatable bonds is 3. The second kappa shape index (κ2) is 2.84. The molecule has 2 aliphatic rings. The summed E-state index contributed by atoms with van der Waals surface area (Å²) in [6.07, 6.45) is 4.83. The first-order valence-electron chi connectivity index (χ1n) is 4.79. The van der Waals surface area contributed by atoms with E-state index in [2.05, 4.69) is 0 Å². The standard InChI is InChI=1S/C10H15NO2/c1-10(11,7-4-5-7)9(12)8-3-2-6-13-8/h3,7H,2,4-6,11H2,1H3. The highest BCUT2D eigenvalue weighted by Crippen LogP contribution is 2.39. The van der Waals surface area contributed by atoms with E-state index in [0.29, 0.717) is 18.3 Å². The molecule has 0 amide bonds. The minimum absolute atomic E-state index is 0.0208. The molecule has 0 aromatic heterocycles. The van der Waals surface area contributed by atoms with Crippen molar-refractivity contribution in [3.8, 4) is 0 Å². The summed E-state index contributed by atoms with van der Waals surface area (Å²) in [4.78, 5) is 11.8. The van der Waals surface area contributed by atoms with E-state index in [9.17, 15) is 4.79 Å². The van der Waals surface area contributed by atoms with E-state index in [1.165, 1.54) is 0 Å². The highest BCUT2D eigenvalue weighted by atomic mass is 16.5. The number of ether oxygens (including phenoxy) is 1. The average molecular weight is 181 g/mol. The lowest BCUT2D eigenvalue weighted by Gasteiger charge is -2.22. The van der Waals surface area contributed by atoms with Crippen LogP contribution in [0.1, 0.15) is 26.2 Å². The molecule has 0 aromatic carbocycles. The van der Waals surface area contributed by atoms with Crippen LogP contribution in [0.15, 0.2) is 11.8 Å². The maximum absolute atomic E-state index is 11.8. The minimum atomic E-state index is -0.698. The van der Waals surface area contributed by atoms with E-state index >= 15 is 0 Å².